The SMILES string of the molecule is CCC(C)C1CC(C)=C(c2ccnc(SC)n2)N(c2ccc(F)cc2)C1=O. The van der Waals surface area contributed by atoms with E-state index in [1.807, 2.05) is 12.3 Å². The highest BCUT2D eigenvalue weighted by Crippen LogP contribution is 2.39. The second-order valence-electron chi connectivity index (χ2n) is 6.90. The largest absolute Gasteiger partial charge is 0.279 e. The molecule has 0 saturated carbocycles. The fraction of sp³-hybridized carbons (Fsp3) is 0.381. The van der Waals surface area contributed by atoms with Crippen LogP contribution in [0, 0.1) is 17.7 Å². The molecule has 0 N–H and O–H groups in total. The molecule has 0 spiro atoms. The van der Waals surface area contributed by atoms with Crippen molar-refractivity contribution in [1.82, 2.24) is 9.97 Å². The van der Waals surface area contributed by atoms with Gasteiger partial charge in [0, 0.05) is 17.8 Å². The zero-order chi connectivity index (χ0) is 19.6. The first-order valence-electron chi connectivity index (χ1n) is 9.13. The highest BCUT2D eigenvalue weighted by atomic mass is 32.2. The average Bonchev–Trinajstić information content (AvgIpc) is 2.69. The van der Waals surface area contributed by atoms with Crippen LogP contribution in [0.3, 0.4) is 0 Å². The fourth-order valence-corrected chi connectivity index (χ4v) is 3.82. The summed E-state index contributed by atoms with van der Waals surface area (Å²) < 4.78 is 13.5. The zero-order valence-electron chi connectivity index (χ0n) is 16.1. The van der Waals surface area contributed by atoms with Crippen molar-refractivity contribution in [1.29, 1.82) is 0 Å². The van der Waals surface area contributed by atoms with E-state index in [4.69, 9.17) is 0 Å². The minimum Gasteiger partial charge on any atom is -0.279 e. The standard InChI is InChI=1S/C21H24FN3OS/c1-5-13(2)17-12-14(3)19(18-10-11-23-21(24-18)27-4)25(20(17)26)16-8-6-15(22)7-9-16/h6-11,13,17H,5,12H2,1-4H3. The van der Waals surface area contributed by atoms with Gasteiger partial charge in [-0.2, -0.15) is 0 Å². The normalized spacial score (nSPS) is 18.8. The van der Waals surface area contributed by atoms with Gasteiger partial charge in [-0.1, -0.05) is 32.0 Å². The molecule has 1 aliphatic heterocycles. The van der Waals surface area contributed by atoms with Crippen LogP contribution >= 0.6 is 11.8 Å². The van der Waals surface area contributed by atoms with Crippen LogP contribution in [0.4, 0.5) is 10.1 Å². The predicted octanol–water partition coefficient (Wildman–Crippen LogP) is 5.17. The van der Waals surface area contributed by atoms with E-state index in [-0.39, 0.29) is 23.6 Å². The molecular weight excluding hydrogens is 361 g/mol. The molecule has 6 heteroatoms. The number of anilines is 1. The maximum atomic E-state index is 13.5. The van der Waals surface area contributed by atoms with Gasteiger partial charge in [-0.15, -0.1) is 0 Å². The molecule has 0 bridgehead atoms. The Morgan fingerprint density at radius 2 is 2.00 bits per heavy atom. The minimum atomic E-state index is -0.323. The molecule has 0 radical (unpaired) electrons. The van der Waals surface area contributed by atoms with Crippen molar-refractivity contribution in [3.63, 3.8) is 0 Å². The Morgan fingerprint density at radius 1 is 1.30 bits per heavy atom. The molecule has 1 aliphatic rings. The second-order valence-corrected chi connectivity index (χ2v) is 7.68. The number of halogens is 1. The van der Waals surface area contributed by atoms with E-state index in [0.29, 0.717) is 23.0 Å². The van der Waals surface area contributed by atoms with Crippen molar-refractivity contribution in [2.24, 2.45) is 11.8 Å². The smallest absolute Gasteiger partial charge is 0.235 e. The third-order valence-corrected chi connectivity index (χ3v) is 5.73. The molecule has 1 aromatic carbocycles. The van der Waals surface area contributed by atoms with Crippen LogP contribution < -0.4 is 4.90 Å². The Labute approximate surface area is 163 Å². The molecule has 2 heterocycles. The molecule has 2 aromatic rings. The lowest BCUT2D eigenvalue weighted by Gasteiger charge is -2.37. The molecule has 0 fully saturated rings. The van der Waals surface area contributed by atoms with E-state index >= 15 is 0 Å². The van der Waals surface area contributed by atoms with E-state index in [2.05, 4.69) is 30.7 Å². The van der Waals surface area contributed by atoms with Crippen LogP contribution in [0.15, 0.2) is 47.3 Å². The number of carbonyl (C=O) groups excluding carboxylic acids is 1. The number of nitrogens with zero attached hydrogens (tertiary/aromatic N) is 3. The molecule has 0 aliphatic carbocycles. The number of rotatable bonds is 5. The molecule has 0 saturated heterocycles. The predicted molar refractivity (Wildman–Crippen MR) is 108 cm³/mol. The summed E-state index contributed by atoms with van der Waals surface area (Å²) in [5.74, 6) is -0.105. The molecule has 4 nitrogen and oxygen atoms in total. The van der Waals surface area contributed by atoms with Gasteiger partial charge in [0.25, 0.3) is 0 Å². The molecule has 1 amide bonds. The van der Waals surface area contributed by atoms with Crippen molar-refractivity contribution in [3.05, 3.63) is 53.6 Å². The fourth-order valence-electron chi connectivity index (χ4n) is 3.46. The Morgan fingerprint density at radius 3 is 2.63 bits per heavy atom. The first kappa shape index (κ1) is 19.5. The van der Waals surface area contributed by atoms with Gasteiger partial charge < -0.3 is 0 Å². The number of hydrogen-bond donors (Lipinski definition) is 0. The summed E-state index contributed by atoms with van der Waals surface area (Å²) >= 11 is 1.46. The second kappa shape index (κ2) is 8.21. The lowest BCUT2D eigenvalue weighted by molar-refractivity contribution is -0.123. The van der Waals surface area contributed by atoms with Crippen LogP contribution in [0.2, 0.25) is 0 Å². The third kappa shape index (κ3) is 3.90. The van der Waals surface area contributed by atoms with Crippen molar-refractivity contribution < 1.29 is 9.18 Å². The van der Waals surface area contributed by atoms with Gasteiger partial charge >= 0.3 is 0 Å². The summed E-state index contributed by atoms with van der Waals surface area (Å²) in [5, 5.41) is 0.656. The van der Waals surface area contributed by atoms with Crippen molar-refractivity contribution in [2.45, 2.75) is 38.8 Å². The van der Waals surface area contributed by atoms with Crippen molar-refractivity contribution >= 4 is 29.1 Å². The van der Waals surface area contributed by atoms with Crippen LogP contribution in [0.1, 0.15) is 39.3 Å². The molecule has 3 rings (SSSR count). The van der Waals surface area contributed by atoms with Crippen LogP contribution in [-0.2, 0) is 4.79 Å². The summed E-state index contributed by atoms with van der Waals surface area (Å²) in [4.78, 5) is 24.0. The van der Waals surface area contributed by atoms with E-state index in [1.54, 1.807) is 23.2 Å². The maximum Gasteiger partial charge on any atom is 0.235 e. The van der Waals surface area contributed by atoms with E-state index in [9.17, 15) is 9.18 Å². The van der Waals surface area contributed by atoms with Gasteiger partial charge in [0.2, 0.25) is 5.91 Å². The van der Waals surface area contributed by atoms with Gasteiger partial charge in [0.15, 0.2) is 5.16 Å². The highest BCUT2D eigenvalue weighted by Gasteiger charge is 2.37. The minimum absolute atomic E-state index is 0.0425. The van der Waals surface area contributed by atoms with Crippen LogP contribution in [0.25, 0.3) is 5.70 Å². The molecular formula is C21H24FN3OS. The van der Waals surface area contributed by atoms with E-state index < -0.39 is 0 Å². The Bertz CT molecular complexity index is 866. The van der Waals surface area contributed by atoms with Crippen molar-refractivity contribution in [2.75, 3.05) is 11.2 Å². The molecule has 2 unspecified atom stereocenters. The number of amides is 1. The Balaban J connectivity index is 2.16. The quantitative estimate of drug-likeness (QED) is 0.526. The number of thioether (sulfide) groups is 1. The van der Waals surface area contributed by atoms with E-state index in [0.717, 1.165) is 17.7 Å². The molecule has 1 aromatic heterocycles. The van der Waals surface area contributed by atoms with Crippen molar-refractivity contribution in [3.8, 4) is 0 Å². The lowest BCUT2D eigenvalue weighted by Crippen LogP contribution is -2.42. The average molecular weight is 386 g/mol. The summed E-state index contributed by atoms with van der Waals surface area (Å²) in [6, 6.07) is 7.89. The summed E-state index contributed by atoms with van der Waals surface area (Å²) in [6.45, 7) is 6.26. The molecule has 27 heavy (non-hydrogen) atoms. The van der Waals surface area contributed by atoms with Crippen LogP contribution in [0.5, 0.6) is 0 Å². The van der Waals surface area contributed by atoms with Gasteiger partial charge in [-0.05, 0) is 61.4 Å². The number of benzene rings is 1. The number of allylic oxidation sites excluding steroid dienone is 1. The summed E-state index contributed by atoms with van der Waals surface area (Å²) in [6.07, 6.45) is 5.27. The first-order chi connectivity index (χ1) is 13.0. The lowest BCUT2D eigenvalue weighted by atomic mass is 9.81. The maximum absolute atomic E-state index is 13.5. The monoisotopic (exact) mass is 385 g/mol. The molecule has 2 atom stereocenters. The van der Waals surface area contributed by atoms with Gasteiger partial charge in [-0.25, -0.2) is 14.4 Å². The van der Waals surface area contributed by atoms with Gasteiger partial charge in [-0.3, -0.25) is 9.69 Å². The van der Waals surface area contributed by atoms with Gasteiger partial charge in [0.1, 0.15) is 5.82 Å². The Hall–Kier alpha value is -2.21. The summed E-state index contributed by atoms with van der Waals surface area (Å²) in [5.41, 5.74) is 3.26. The number of aromatic nitrogens is 2. The highest BCUT2D eigenvalue weighted by molar-refractivity contribution is 7.98. The zero-order valence-corrected chi connectivity index (χ0v) is 16.9. The Kier molecular flexibility index (Phi) is 5.95. The number of hydrogen-bond acceptors (Lipinski definition) is 4. The molecule has 142 valence electrons. The first-order valence-corrected chi connectivity index (χ1v) is 10.3. The third-order valence-electron chi connectivity index (χ3n) is 5.17. The van der Waals surface area contributed by atoms with Crippen LogP contribution in [-0.4, -0.2) is 22.1 Å². The van der Waals surface area contributed by atoms with E-state index in [1.165, 1.54) is 23.9 Å². The number of carbonyl (C=O) groups is 1. The topological polar surface area (TPSA) is 46.1 Å². The summed E-state index contributed by atoms with van der Waals surface area (Å²) in [7, 11) is 0. The van der Waals surface area contributed by atoms with Gasteiger partial charge in [0.05, 0.1) is 11.4 Å².